The summed E-state index contributed by atoms with van der Waals surface area (Å²) in [5.74, 6) is -0.299. The van der Waals surface area contributed by atoms with E-state index in [9.17, 15) is 4.79 Å². The molecule has 2 heterocycles. The van der Waals surface area contributed by atoms with E-state index in [4.69, 9.17) is 10.2 Å². The summed E-state index contributed by atoms with van der Waals surface area (Å²) in [7, 11) is 0. The van der Waals surface area contributed by atoms with E-state index in [-0.39, 0.29) is 5.92 Å². The van der Waals surface area contributed by atoms with Gasteiger partial charge < -0.3 is 10.2 Å². The topological polar surface area (TPSA) is 84.9 Å². The highest BCUT2D eigenvalue weighted by molar-refractivity contribution is 5.73. The quantitative estimate of drug-likeness (QED) is 0.713. The second-order valence-corrected chi connectivity index (χ2v) is 3.48. The molecule has 0 saturated heterocycles. The second kappa shape index (κ2) is 2.87. The second-order valence-electron chi connectivity index (χ2n) is 3.48. The van der Waals surface area contributed by atoms with Crippen LogP contribution in [-0.4, -0.2) is 9.97 Å². The molecule has 2 aromatic rings. The lowest BCUT2D eigenvalue weighted by Gasteiger charge is -2.06. The van der Waals surface area contributed by atoms with Gasteiger partial charge in [-0.3, -0.25) is 4.98 Å². The van der Waals surface area contributed by atoms with Crippen LogP contribution in [0.1, 0.15) is 25.5 Å². The molecule has 0 fully saturated rings. The van der Waals surface area contributed by atoms with Gasteiger partial charge in [-0.1, -0.05) is 13.8 Å². The Kier molecular flexibility index (Phi) is 1.80. The molecule has 5 heteroatoms. The Bertz CT molecular complexity index is 524. The van der Waals surface area contributed by atoms with Gasteiger partial charge in [0.1, 0.15) is 5.52 Å². The van der Waals surface area contributed by atoms with Gasteiger partial charge in [-0.2, -0.15) is 0 Å². The predicted molar refractivity (Wildman–Crippen MR) is 53.1 cm³/mol. The number of hydrogen-bond acceptors (Lipinski definition) is 4. The number of rotatable bonds is 1. The fraction of sp³-hybridized carbons (Fsp3) is 0.333. The summed E-state index contributed by atoms with van der Waals surface area (Å²) in [5, 5.41) is 0. The summed E-state index contributed by atoms with van der Waals surface area (Å²) in [6.45, 7) is 3.96. The van der Waals surface area contributed by atoms with Crippen molar-refractivity contribution in [3.8, 4) is 0 Å². The Labute approximate surface area is 79.9 Å². The molecule has 0 radical (unpaired) electrons. The number of hydrogen-bond donors (Lipinski definition) is 2. The molecule has 0 amide bonds. The molecule has 74 valence electrons. The standard InChI is InChI=1S/C9H11N3O2/c1-4(2)7-5(10)3-6-8(12-7)14-9(13)11-6/h3-4H,10H2,1-2H3,(H,11,13). The normalized spacial score (nSPS) is 11.4. The van der Waals surface area contributed by atoms with Crippen LogP contribution >= 0.6 is 0 Å². The zero-order valence-electron chi connectivity index (χ0n) is 8.00. The number of aromatic amines is 1. The van der Waals surface area contributed by atoms with Gasteiger partial charge in [-0.05, 0) is 12.0 Å². The molecule has 3 N–H and O–H groups in total. The predicted octanol–water partition coefficient (Wildman–Crippen LogP) is 1.22. The molecular formula is C9H11N3O2. The molecule has 0 aliphatic carbocycles. The van der Waals surface area contributed by atoms with Gasteiger partial charge in [0, 0.05) is 0 Å². The highest BCUT2D eigenvalue weighted by Gasteiger charge is 2.10. The first kappa shape index (κ1) is 8.80. The summed E-state index contributed by atoms with van der Waals surface area (Å²) in [4.78, 5) is 17.6. The molecule has 0 unspecified atom stereocenters. The zero-order chi connectivity index (χ0) is 10.3. The van der Waals surface area contributed by atoms with E-state index < -0.39 is 5.76 Å². The molecule has 0 aliphatic rings. The van der Waals surface area contributed by atoms with Crippen molar-refractivity contribution >= 4 is 16.9 Å². The van der Waals surface area contributed by atoms with Crippen LogP contribution in [0.4, 0.5) is 5.69 Å². The molecular weight excluding hydrogens is 182 g/mol. The Morgan fingerprint density at radius 3 is 2.93 bits per heavy atom. The third kappa shape index (κ3) is 1.26. The monoisotopic (exact) mass is 193 g/mol. The number of nitrogens with zero attached hydrogens (tertiary/aromatic N) is 1. The van der Waals surface area contributed by atoms with Crippen molar-refractivity contribution in [3.05, 3.63) is 22.3 Å². The van der Waals surface area contributed by atoms with Gasteiger partial charge >= 0.3 is 5.76 Å². The molecule has 0 aromatic carbocycles. The Balaban J connectivity index is 2.76. The van der Waals surface area contributed by atoms with Crippen LogP contribution in [0.3, 0.4) is 0 Å². The number of aromatic nitrogens is 2. The van der Waals surface area contributed by atoms with Gasteiger partial charge in [0.2, 0.25) is 5.71 Å². The molecule has 0 saturated carbocycles. The van der Waals surface area contributed by atoms with Gasteiger partial charge in [-0.15, -0.1) is 0 Å². The number of nitrogens with two attached hydrogens (primary N) is 1. The van der Waals surface area contributed by atoms with Crippen molar-refractivity contribution in [1.82, 2.24) is 9.97 Å². The molecule has 0 spiro atoms. The maximum Gasteiger partial charge on any atom is 0.418 e. The Morgan fingerprint density at radius 2 is 2.29 bits per heavy atom. The van der Waals surface area contributed by atoms with Crippen molar-refractivity contribution in [1.29, 1.82) is 0 Å². The Hall–Kier alpha value is -1.78. The maximum atomic E-state index is 10.9. The summed E-state index contributed by atoms with van der Waals surface area (Å²) in [6.07, 6.45) is 0. The van der Waals surface area contributed by atoms with Crippen LogP contribution in [0.2, 0.25) is 0 Å². The van der Waals surface area contributed by atoms with E-state index in [1.54, 1.807) is 6.07 Å². The summed E-state index contributed by atoms with van der Waals surface area (Å²) >= 11 is 0. The minimum absolute atomic E-state index is 0.208. The smallest absolute Gasteiger partial charge is 0.397 e. The van der Waals surface area contributed by atoms with Crippen molar-refractivity contribution in [2.75, 3.05) is 5.73 Å². The van der Waals surface area contributed by atoms with Crippen LogP contribution in [0.25, 0.3) is 11.2 Å². The van der Waals surface area contributed by atoms with E-state index >= 15 is 0 Å². The Morgan fingerprint density at radius 1 is 1.57 bits per heavy atom. The SMILES string of the molecule is CC(C)c1nc2oc(=O)[nH]c2cc1N. The summed E-state index contributed by atoms with van der Waals surface area (Å²) in [5.41, 5.74) is 7.95. The van der Waals surface area contributed by atoms with Crippen LogP contribution in [0.15, 0.2) is 15.3 Å². The number of H-pyrrole nitrogens is 1. The van der Waals surface area contributed by atoms with Gasteiger partial charge in [0.25, 0.3) is 0 Å². The van der Waals surface area contributed by atoms with E-state index in [2.05, 4.69) is 9.97 Å². The molecule has 0 aliphatic heterocycles. The first-order valence-corrected chi connectivity index (χ1v) is 4.37. The van der Waals surface area contributed by atoms with Crippen LogP contribution < -0.4 is 11.5 Å². The van der Waals surface area contributed by atoms with Gasteiger partial charge in [-0.25, -0.2) is 9.78 Å². The fourth-order valence-electron chi connectivity index (χ4n) is 1.38. The highest BCUT2D eigenvalue weighted by Crippen LogP contribution is 2.22. The molecule has 5 nitrogen and oxygen atoms in total. The van der Waals surface area contributed by atoms with Crippen molar-refractivity contribution in [2.45, 2.75) is 19.8 Å². The van der Waals surface area contributed by atoms with Crippen LogP contribution in [0.5, 0.6) is 0 Å². The summed E-state index contributed by atoms with van der Waals surface area (Å²) in [6, 6.07) is 1.67. The first-order chi connectivity index (χ1) is 6.58. The average Bonchev–Trinajstić information content (AvgIpc) is 2.42. The number of nitrogens with one attached hydrogen (secondary N) is 1. The largest absolute Gasteiger partial charge is 0.418 e. The lowest BCUT2D eigenvalue weighted by molar-refractivity contribution is 0.543. The lowest BCUT2D eigenvalue weighted by Crippen LogP contribution is -1.99. The van der Waals surface area contributed by atoms with Crippen molar-refractivity contribution < 1.29 is 4.42 Å². The van der Waals surface area contributed by atoms with E-state index in [1.165, 1.54) is 0 Å². The van der Waals surface area contributed by atoms with E-state index in [0.717, 1.165) is 5.69 Å². The molecule has 2 rings (SSSR count). The number of nitrogen functional groups attached to an aromatic ring is 1. The van der Waals surface area contributed by atoms with Gasteiger partial charge in [0.15, 0.2) is 0 Å². The van der Waals surface area contributed by atoms with E-state index in [1.807, 2.05) is 13.8 Å². The number of pyridine rings is 1. The molecule has 0 atom stereocenters. The highest BCUT2D eigenvalue weighted by atomic mass is 16.4. The van der Waals surface area contributed by atoms with Crippen LogP contribution in [-0.2, 0) is 0 Å². The first-order valence-electron chi connectivity index (χ1n) is 4.37. The molecule has 14 heavy (non-hydrogen) atoms. The van der Waals surface area contributed by atoms with Gasteiger partial charge in [0.05, 0.1) is 11.4 Å². The maximum absolute atomic E-state index is 10.9. The minimum Gasteiger partial charge on any atom is -0.397 e. The minimum atomic E-state index is -0.507. The van der Waals surface area contributed by atoms with E-state index in [0.29, 0.717) is 16.9 Å². The van der Waals surface area contributed by atoms with Crippen molar-refractivity contribution in [3.63, 3.8) is 0 Å². The molecule has 0 bridgehead atoms. The van der Waals surface area contributed by atoms with Crippen molar-refractivity contribution in [2.24, 2.45) is 0 Å². The van der Waals surface area contributed by atoms with Crippen LogP contribution in [0, 0.1) is 0 Å². The fourth-order valence-corrected chi connectivity index (χ4v) is 1.38. The number of anilines is 1. The number of oxazole rings is 1. The lowest BCUT2D eigenvalue weighted by atomic mass is 10.1. The molecule has 2 aromatic heterocycles. The number of fused-ring (bicyclic) bond motifs is 1. The average molecular weight is 193 g/mol. The third-order valence-electron chi connectivity index (χ3n) is 2.02. The third-order valence-corrected chi connectivity index (χ3v) is 2.02. The summed E-state index contributed by atoms with van der Waals surface area (Å²) < 4.78 is 4.84. The zero-order valence-corrected chi connectivity index (χ0v) is 8.00.